The molecule has 2 rings (SSSR count). The lowest BCUT2D eigenvalue weighted by Gasteiger charge is -2.36. The van der Waals surface area contributed by atoms with Gasteiger partial charge in [-0.1, -0.05) is 31.4 Å². The summed E-state index contributed by atoms with van der Waals surface area (Å²) in [7, 11) is 1.66. The van der Waals surface area contributed by atoms with Crippen molar-refractivity contribution in [3.8, 4) is 0 Å². The van der Waals surface area contributed by atoms with Crippen molar-refractivity contribution >= 4 is 5.91 Å². The SMILES string of the molecule is COCCNCCNC(=O)C1(c2cccc(F)c2)CCCCC1. The minimum absolute atomic E-state index is 0.0244. The van der Waals surface area contributed by atoms with E-state index in [0.29, 0.717) is 19.7 Å². The summed E-state index contributed by atoms with van der Waals surface area (Å²) in [5.41, 5.74) is 0.231. The quantitative estimate of drug-likeness (QED) is 0.723. The van der Waals surface area contributed by atoms with E-state index in [1.165, 1.54) is 12.1 Å². The summed E-state index contributed by atoms with van der Waals surface area (Å²) in [6.45, 7) is 2.69. The fraction of sp³-hybridized carbons (Fsp3) is 0.611. The number of ether oxygens (including phenoxy) is 1. The van der Waals surface area contributed by atoms with Gasteiger partial charge in [0.1, 0.15) is 5.82 Å². The zero-order valence-corrected chi connectivity index (χ0v) is 13.9. The van der Waals surface area contributed by atoms with Crippen molar-refractivity contribution in [3.05, 3.63) is 35.6 Å². The predicted octanol–water partition coefficient (Wildman–Crippen LogP) is 2.38. The number of methoxy groups -OCH3 is 1. The van der Waals surface area contributed by atoms with Gasteiger partial charge in [-0.15, -0.1) is 0 Å². The molecule has 23 heavy (non-hydrogen) atoms. The van der Waals surface area contributed by atoms with Gasteiger partial charge in [0, 0.05) is 26.7 Å². The van der Waals surface area contributed by atoms with Crippen molar-refractivity contribution in [2.75, 3.05) is 33.4 Å². The van der Waals surface area contributed by atoms with E-state index in [1.54, 1.807) is 13.2 Å². The Balaban J connectivity index is 1.99. The molecule has 2 N–H and O–H groups in total. The number of hydrogen-bond acceptors (Lipinski definition) is 3. The van der Waals surface area contributed by atoms with Gasteiger partial charge in [-0.2, -0.15) is 0 Å². The lowest BCUT2D eigenvalue weighted by molar-refractivity contribution is -0.128. The number of benzene rings is 1. The molecule has 5 heteroatoms. The van der Waals surface area contributed by atoms with E-state index in [-0.39, 0.29) is 11.7 Å². The molecule has 1 aliphatic rings. The average Bonchev–Trinajstić information content (AvgIpc) is 2.58. The van der Waals surface area contributed by atoms with E-state index >= 15 is 0 Å². The highest BCUT2D eigenvalue weighted by molar-refractivity contribution is 5.88. The summed E-state index contributed by atoms with van der Waals surface area (Å²) >= 11 is 0. The second kappa shape index (κ2) is 8.99. The zero-order chi connectivity index (χ0) is 16.5. The molecule has 0 atom stereocenters. The molecule has 1 aliphatic carbocycles. The van der Waals surface area contributed by atoms with Crippen molar-refractivity contribution in [1.29, 1.82) is 0 Å². The number of carbonyl (C=O) groups is 1. The molecule has 0 saturated heterocycles. The monoisotopic (exact) mass is 322 g/mol. The van der Waals surface area contributed by atoms with Crippen LogP contribution < -0.4 is 10.6 Å². The number of rotatable bonds is 8. The molecule has 0 aliphatic heterocycles. The molecule has 1 fully saturated rings. The Kier molecular flexibility index (Phi) is 6.99. The van der Waals surface area contributed by atoms with Crippen LogP contribution >= 0.6 is 0 Å². The molecule has 0 heterocycles. The van der Waals surface area contributed by atoms with Gasteiger partial charge in [0.05, 0.1) is 12.0 Å². The molecular formula is C18H27FN2O2. The largest absolute Gasteiger partial charge is 0.383 e. The van der Waals surface area contributed by atoms with Crippen LogP contribution in [-0.2, 0) is 14.9 Å². The number of hydrogen-bond donors (Lipinski definition) is 2. The lowest BCUT2D eigenvalue weighted by atomic mass is 9.68. The molecular weight excluding hydrogens is 295 g/mol. The minimum Gasteiger partial charge on any atom is -0.383 e. The first-order chi connectivity index (χ1) is 11.2. The lowest BCUT2D eigenvalue weighted by Crippen LogP contribution is -2.47. The summed E-state index contributed by atoms with van der Waals surface area (Å²) in [6, 6.07) is 6.52. The van der Waals surface area contributed by atoms with Crippen LogP contribution in [0.3, 0.4) is 0 Å². The van der Waals surface area contributed by atoms with Gasteiger partial charge >= 0.3 is 0 Å². The highest BCUT2D eigenvalue weighted by Gasteiger charge is 2.40. The third-order valence-corrected chi connectivity index (χ3v) is 4.59. The van der Waals surface area contributed by atoms with Crippen LogP contribution in [0, 0.1) is 5.82 Å². The summed E-state index contributed by atoms with van der Waals surface area (Å²) in [6.07, 6.45) is 4.74. The van der Waals surface area contributed by atoms with E-state index < -0.39 is 5.41 Å². The Labute approximate surface area is 137 Å². The fourth-order valence-corrected chi connectivity index (χ4v) is 3.32. The van der Waals surface area contributed by atoms with Crippen LogP contribution in [0.2, 0.25) is 0 Å². The van der Waals surface area contributed by atoms with Crippen molar-refractivity contribution in [2.24, 2.45) is 0 Å². The van der Waals surface area contributed by atoms with Crippen molar-refractivity contribution in [2.45, 2.75) is 37.5 Å². The van der Waals surface area contributed by atoms with Crippen molar-refractivity contribution in [3.63, 3.8) is 0 Å². The molecule has 1 aromatic rings. The molecule has 1 saturated carbocycles. The van der Waals surface area contributed by atoms with E-state index in [9.17, 15) is 9.18 Å². The molecule has 1 amide bonds. The molecule has 128 valence electrons. The van der Waals surface area contributed by atoms with Crippen LogP contribution in [-0.4, -0.2) is 39.3 Å². The van der Waals surface area contributed by atoms with Gasteiger partial charge in [-0.25, -0.2) is 4.39 Å². The molecule has 0 bridgehead atoms. The minimum atomic E-state index is -0.577. The second-order valence-electron chi connectivity index (χ2n) is 6.15. The third-order valence-electron chi connectivity index (χ3n) is 4.59. The van der Waals surface area contributed by atoms with Gasteiger partial charge in [0.25, 0.3) is 0 Å². The molecule has 0 radical (unpaired) electrons. The topological polar surface area (TPSA) is 50.4 Å². The highest BCUT2D eigenvalue weighted by atomic mass is 19.1. The summed E-state index contributed by atoms with van der Waals surface area (Å²) in [5.74, 6) is -0.252. The number of carbonyl (C=O) groups excluding carboxylic acids is 1. The third kappa shape index (κ3) is 4.75. The molecule has 0 unspecified atom stereocenters. The molecule has 4 nitrogen and oxygen atoms in total. The first kappa shape index (κ1) is 17.9. The van der Waals surface area contributed by atoms with Gasteiger partial charge in [-0.3, -0.25) is 4.79 Å². The van der Waals surface area contributed by atoms with E-state index in [0.717, 1.165) is 44.2 Å². The molecule has 1 aromatic carbocycles. The highest BCUT2D eigenvalue weighted by Crippen LogP contribution is 2.39. The Morgan fingerprint density at radius 2 is 2.00 bits per heavy atom. The van der Waals surface area contributed by atoms with Crippen LogP contribution in [0.1, 0.15) is 37.7 Å². The van der Waals surface area contributed by atoms with Crippen LogP contribution in [0.25, 0.3) is 0 Å². The van der Waals surface area contributed by atoms with E-state index in [2.05, 4.69) is 10.6 Å². The summed E-state index contributed by atoms with van der Waals surface area (Å²) in [5, 5.41) is 6.23. The number of halogens is 1. The van der Waals surface area contributed by atoms with Gasteiger partial charge < -0.3 is 15.4 Å². The normalized spacial score (nSPS) is 17.0. The Hall–Kier alpha value is -1.46. The van der Waals surface area contributed by atoms with Crippen molar-refractivity contribution in [1.82, 2.24) is 10.6 Å². The Morgan fingerprint density at radius 1 is 1.22 bits per heavy atom. The zero-order valence-electron chi connectivity index (χ0n) is 13.9. The van der Waals surface area contributed by atoms with Crippen LogP contribution in [0.5, 0.6) is 0 Å². The van der Waals surface area contributed by atoms with Gasteiger partial charge in [0.2, 0.25) is 5.91 Å². The Morgan fingerprint density at radius 3 is 2.70 bits per heavy atom. The maximum absolute atomic E-state index is 13.6. The van der Waals surface area contributed by atoms with E-state index in [1.807, 2.05) is 6.07 Å². The first-order valence-electron chi connectivity index (χ1n) is 8.43. The summed E-state index contributed by atoms with van der Waals surface area (Å²) in [4.78, 5) is 12.8. The average molecular weight is 322 g/mol. The second-order valence-corrected chi connectivity index (χ2v) is 6.15. The standard InChI is InChI=1S/C18H27FN2O2/c1-23-13-12-20-10-11-21-17(22)18(8-3-2-4-9-18)15-6-5-7-16(19)14-15/h5-7,14,20H,2-4,8-13H2,1H3,(H,21,22). The maximum atomic E-state index is 13.6. The Bertz CT molecular complexity index is 502. The predicted molar refractivity (Wildman–Crippen MR) is 88.9 cm³/mol. The van der Waals surface area contributed by atoms with Gasteiger partial charge in [0.15, 0.2) is 0 Å². The first-order valence-corrected chi connectivity index (χ1v) is 8.43. The van der Waals surface area contributed by atoms with Crippen molar-refractivity contribution < 1.29 is 13.9 Å². The summed E-state index contributed by atoms with van der Waals surface area (Å²) < 4.78 is 18.6. The van der Waals surface area contributed by atoms with Crippen LogP contribution in [0.15, 0.2) is 24.3 Å². The molecule has 0 aromatic heterocycles. The smallest absolute Gasteiger partial charge is 0.230 e. The van der Waals surface area contributed by atoms with Gasteiger partial charge in [-0.05, 0) is 30.5 Å². The number of nitrogens with one attached hydrogen (secondary N) is 2. The maximum Gasteiger partial charge on any atom is 0.230 e. The van der Waals surface area contributed by atoms with Crippen LogP contribution in [0.4, 0.5) is 4.39 Å². The van der Waals surface area contributed by atoms with E-state index in [4.69, 9.17) is 4.74 Å². The fourth-order valence-electron chi connectivity index (χ4n) is 3.32. The molecule has 0 spiro atoms. The number of amides is 1.